The summed E-state index contributed by atoms with van der Waals surface area (Å²) in [6.07, 6.45) is 4.17. The fraction of sp³-hybridized carbons (Fsp3) is 0.429. The van der Waals surface area contributed by atoms with Gasteiger partial charge in [0.25, 0.3) is 5.91 Å². The molecule has 9 heteroatoms. The predicted octanol–water partition coefficient (Wildman–Crippen LogP) is 5.52. The monoisotopic (exact) mass is 504 g/mol. The normalized spacial score (nSPS) is 14.7. The number of benzene rings is 1. The van der Waals surface area contributed by atoms with Crippen molar-refractivity contribution in [2.45, 2.75) is 64.8 Å². The molecule has 37 heavy (non-hydrogen) atoms. The van der Waals surface area contributed by atoms with Crippen LogP contribution in [-0.2, 0) is 5.41 Å². The molecule has 0 bridgehead atoms. The largest absolute Gasteiger partial charge is 0.465 e. The van der Waals surface area contributed by atoms with Crippen LogP contribution in [0.3, 0.4) is 0 Å². The molecule has 196 valence electrons. The smallest absolute Gasteiger partial charge is 0.407 e. The zero-order valence-electron chi connectivity index (χ0n) is 22.2. The second-order valence-corrected chi connectivity index (χ2v) is 11.0. The summed E-state index contributed by atoms with van der Waals surface area (Å²) in [5.41, 5.74) is 10.5. The maximum absolute atomic E-state index is 13.2. The molecule has 9 nitrogen and oxygen atoms in total. The lowest BCUT2D eigenvalue weighted by molar-refractivity contribution is 0.102. The Balaban J connectivity index is 1.65. The molecule has 0 spiro atoms. The minimum Gasteiger partial charge on any atom is -0.465 e. The summed E-state index contributed by atoms with van der Waals surface area (Å²) in [4.78, 5) is 30.3. The van der Waals surface area contributed by atoms with Gasteiger partial charge < -0.3 is 21.1 Å². The Labute approximate surface area is 217 Å². The zero-order valence-corrected chi connectivity index (χ0v) is 22.2. The maximum atomic E-state index is 13.2. The average molecular weight is 505 g/mol. The number of carbonyl (C=O) groups is 2. The molecule has 0 unspecified atom stereocenters. The number of aromatic nitrogens is 3. The van der Waals surface area contributed by atoms with E-state index in [9.17, 15) is 14.7 Å². The van der Waals surface area contributed by atoms with Crippen LogP contribution < -0.4 is 11.1 Å². The van der Waals surface area contributed by atoms with Gasteiger partial charge in [0, 0.05) is 47.7 Å². The molecule has 0 radical (unpaired) electrons. The molecular weight excluding hydrogens is 468 g/mol. The summed E-state index contributed by atoms with van der Waals surface area (Å²) < 4.78 is 1.95. The molecule has 2 amide bonds. The van der Waals surface area contributed by atoms with Gasteiger partial charge in [-0.2, -0.15) is 5.10 Å². The quantitative estimate of drug-likeness (QED) is 0.420. The van der Waals surface area contributed by atoms with Crippen LogP contribution in [0.15, 0.2) is 42.7 Å². The number of hydrogen-bond acceptors (Lipinski definition) is 5. The summed E-state index contributed by atoms with van der Waals surface area (Å²) in [6.45, 7) is 11.4. The Kier molecular flexibility index (Phi) is 7.25. The number of piperidine rings is 1. The number of carbonyl (C=O) groups excluding carboxylic acids is 1. The summed E-state index contributed by atoms with van der Waals surface area (Å²) in [6, 6.07) is 9.65. The van der Waals surface area contributed by atoms with Crippen LogP contribution in [0.5, 0.6) is 0 Å². The van der Waals surface area contributed by atoms with E-state index in [4.69, 9.17) is 10.8 Å². The van der Waals surface area contributed by atoms with Crippen LogP contribution in [0.2, 0.25) is 0 Å². The van der Waals surface area contributed by atoms with E-state index in [-0.39, 0.29) is 23.2 Å². The summed E-state index contributed by atoms with van der Waals surface area (Å²) in [5.74, 6) is 0.182. The van der Waals surface area contributed by atoms with Crippen LogP contribution in [0.1, 0.15) is 81.0 Å². The summed E-state index contributed by atoms with van der Waals surface area (Å²) >= 11 is 0. The summed E-state index contributed by atoms with van der Waals surface area (Å²) in [5, 5.41) is 17.2. The second kappa shape index (κ2) is 10.2. The molecule has 1 fully saturated rings. The Hall–Kier alpha value is -3.88. The fourth-order valence-electron chi connectivity index (χ4n) is 4.64. The first-order valence-corrected chi connectivity index (χ1v) is 12.7. The van der Waals surface area contributed by atoms with E-state index in [1.165, 1.54) is 4.90 Å². The van der Waals surface area contributed by atoms with E-state index in [2.05, 4.69) is 44.9 Å². The number of nitrogens with two attached hydrogens (primary N) is 1. The minimum atomic E-state index is -0.885. The van der Waals surface area contributed by atoms with Gasteiger partial charge in [0.1, 0.15) is 5.82 Å². The molecule has 4 rings (SSSR count). The Bertz CT molecular complexity index is 1300. The lowest BCUT2D eigenvalue weighted by Crippen LogP contribution is -2.38. The van der Waals surface area contributed by atoms with Crippen molar-refractivity contribution >= 4 is 23.5 Å². The number of carboxylic acid groups (broad SMARTS) is 1. The molecule has 3 aromatic rings. The SMILES string of the molecule is CC(C)c1cccc(NC(=O)c2cc(-c3cn(C4CCN(C(=O)O)CC4)nc3C(C)(C)C)cnc2N)c1. The predicted molar refractivity (Wildman–Crippen MR) is 145 cm³/mol. The number of pyridine rings is 1. The number of nitrogens with one attached hydrogen (secondary N) is 1. The molecule has 4 N–H and O–H groups in total. The molecule has 1 aliphatic rings. The van der Waals surface area contributed by atoms with Crippen LogP contribution in [0.4, 0.5) is 16.3 Å². The first kappa shape index (κ1) is 26.2. The van der Waals surface area contributed by atoms with Gasteiger partial charge in [0.2, 0.25) is 0 Å². The number of nitrogen functional groups attached to an aromatic ring is 1. The van der Waals surface area contributed by atoms with Gasteiger partial charge in [-0.05, 0) is 42.5 Å². The van der Waals surface area contributed by atoms with Crippen molar-refractivity contribution in [1.82, 2.24) is 19.7 Å². The molecule has 1 aromatic carbocycles. The number of nitrogens with zero attached hydrogens (tertiary/aromatic N) is 4. The first-order chi connectivity index (χ1) is 17.4. The highest BCUT2D eigenvalue weighted by molar-refractivity contribution is 6.07. The van der Waals surface area contributed by atoms with Crippen LogP contribution in [-0.4, -0.2) is 49.9 Å². The lowest BCUT2D eigenvalue weighted by atomic mass is 9.87. The van der Waals surface area contributed by atoms with Gasteiger partial charge >= 0.3 is 6.09 Å². The van der Waals surface area contributed by atoms with E-state index in [1.807, 2.05) is 35.1 Å². The van der Waals surface area contributed by atoms with E-state index in [0.717, 1.165) is 22.4 Å². The van der Waals surface area contributed by atoms with Crippen LogP contribution in [0.25, 0.3) is 11.1 Å². The third-order valence-corrected chi connectivity index (χ3v) is 6.84. The number of likely N-dealkylation sites (tertiary alicyclic amines) is 1. The number of rotatable bonds is 5. The number of anilines is 2. The van der Waals surface area contributed by atoms with Crippen molar-refractivity contribution < 1.29 is 14.7 Å². The highest BCUT2D eigenvalue weighted by Crippen LogP contribution is 2.35. The molecule has 2 aromatic heterocycles. The van der Waals surface area contributed by atoms with Crippen molar-refractivity contribution in [2.24, 2.45) is 0 Å². The van der Waals surface area contributed by atoms with E-state index in [1.54, 1.807) is 12.3 Å². The Morgan fingerprint density at radius 2 is 1.86 bits per heavy atom. The topological polar surface area (TPSA) is 126 Å². The molecule has 1 aliphatic heterocycles. The van der Waals surface area contributed by atoms with E-state index < -0.39 is 6.09 Å². The Morgan fingerprint density at radius 3 is 2.49 bits per heavy atom. The van der Waals surface area contributed by atoms with Gasteiger partial charge in [-0.25, -0.2) is 9.78 Å². The van der Waals surface area contributed by atoms with Gasteiger partial charge in [0.15, 0.2) is 0 Å². The standard InChI is InChI=1S/C28H36N6O3/c1-17(2)18-7-6-8-20(13-18)31-26(35)22-14-19(15-30-25(22)29)23-16-34(32-24(23)28(3,4)5)21-9-11-33(12-10-21)27(36)37/h6-8,13-17,21H,9-12H2,1-5H3,(H2,29,30)(H,31,35)(H,36,37). The molecule has 0 saturated carbocycles. The van der Waals surface area contributed by atoms with Crippen molar-refractivity contribution in [3.63, 3.8) is 0 Å². The lowest BCUT2D eigenvalue weighted by Gasteiger charge is -2.30. The zero-order chi connectivity index (χ0) is 26.9. The van der Waals surface area contributed by atoms with E-state index in [0.29, 0.717) is 43.1 Å². The maximum Gasteiger partial charge on any atom is 0.407 e. The Morgan fingerprint density at radius 1 is 1.16 bits per heavy atom. The molecule has 1 saturated heterocycles. The number of hydrogen-bond donors (Lipinski definition) is 3. The second-order valence-electron chi connectivity index (χ2n) is 11.0. The molecule has 3 heterocycles. The van der Waals surface area contributed by atoms with Crippen molar-refractivity contribution in [2.75, 3.05) is 24.1 Å². The highest BCUT2D eigenvalue weighted by atomic mass is 16.4. The summed E-state index contributed by atoms with van der Waals surface area (Å²) in [7, 11) is 0. The fourth-order valence-corrected chi connectivity index (χ4v) is 4.64. The van der Waals surface area contributed by atoms with Crippen LogP contribution in [0, 0.1) is 0 Å². The van der Waals surface area contributed by atoms with Crippen molar-refractivity contribution in [1.29, 1.82) is 0 Å². The van der Waals surface area contributed by atoms with Gasteiger partial charge in [0.05, 0.1) is 17.3 Å². The van der Waals surface area contributed by atoms with Crippen molar-refractivity contribution in [3.05, 3.63) is 59.5 Å². The molecule has 0 aliphatic carbocycles. The van der Waals surface area contributed by atoms with Gasteiger partial charge in [-0.1, -0.05) is 46.8 Å². The highest BCUT2D eigenvalue weighted by Gasteiger charge is 2.29. The van der Waals surface area contributed by atoms with Crippen molar-refractivity contribution in [3.8, 4) is 11.1 Å². The molecule has 0 atom stereocenters. The van der Waals surface area contributed by atoms with Gasteiger partial charge in [-0.15, -0.1) is 0 Å². The van der Waals surface area contributed by atoms with Crippen LogP contribution >= 0.6 is 0 Å². The third kappa shape index (κ3) is 5.76. The first-order valence-electron chi connectivity index (χ1n) is 12.7. The number of amides is 2. The molecular formula is C28H36N6O3. The van der Waals surface area contributed by atoms with Gasteiger partial charge in [-0.3, -0.25) is 9.48 Å². The van der Waals surface area contributed by atoms with E-state index >= 15 is 0 Å². The average Bonchev–Trinajstić information content (AvgIpc) is 3.31. The third-order valence-electron chi connectivity index (χ3n) is 6.84. The minimum absolute atomic E-state index is 0.100.